The molecule has 4 nitrogen and oxygen atoms in total. The largest absolute Gasteiger partial charge is 0.493 e. The second kappa shape index (κ2) is 6.23. The van der Waals surface area contributed by atoms with Crippen LogP contribution in [0, 0.1) is 0 Å². The van der Waals surface area contributed by atoms with Crippen molar-refractivity contribution in [2.45, 2.75) is 6.10 Å². The van der Waals surface area contributed by atoms with Crippen molar-refractivity contribution in [3.63, 3.8) is 0 Å². The van der Waals surface area contributed by atoms with E-state index in [1.165, 1.54) is 0 Å². The highest BCUT2D eigenvalue weighted by atomic mass is 79.9. The average molecular weight is 303 g/mol. The smallest absolute Gasteiger partial charge is 0.161 e. The number of benzene rings is 1. The minimum atomic E-state index is -0.00268. The zero-order chi connectivity index (χ0) is 12.1. The molecule has 5 heteroatoms. The van der Waals surface area contributed by atoms with E-state index in [1.54, 1.807) is 7.11 Å². The lowest BCUT2D eigenvalue weighted by Crippen LogP contribution is -2.33. The van der Waals surface area contributed by atoms with Crippen molar-refractivity contribution in [3.8, 4) is 11.5 Å². The SMILES string of the molecule is COc1cc(Br)ccc1OCC1COCCO1. The topological polar surface area (TPSA) is 36.9 Å². The van der Waals surface area contributed by atoms with E-state index in [0.29, 0.717) is 37.9 Å². The number of hydrogen-bond donors (Lipinski definition) is 0. The fourth-order valence-electron chi connectivity index (χ4n) is 1.58. The van der Waals surface area contributed by atoms with E-state index in [2.05, 4.69) is 15.9 Å². The standard InChI is InChI=1S/C12H15BrO4/c1-14-12-6-9(13)2-3-11(12)17-8-10-7-15-4-5-16-10/h2-3,6,10H,4-5,7-8H2,1H3. The van der Waals surface area contributed by atoms with Crippen LogP contribution in [0.25, 0.3) is 0 Å². The van der Waals surface area contributed by atoms with Crippen LogP contribution in [0.2, 0.25) is 0 Å². The van der Waals surface area contributed by atoms with E-state index in [4.69, 9.17) is 18.9 Å². The molecule has 2 rings (SSSR count). The molecule has 0 bridgehead atoms. The summed E-state index contributed by atoms with van der Waals surface area (Å²) in [4.78, 5) is 0. The molecule has 0 aromatic heterocycles. The first-order valence-electron chi connectivity index (χ1n) is 5.45. The molecule has 0 aliphatic carbocycles. The lowest BCUT2D eigenvalue weighted by molar-refractivity contribution is -0.101. The summed E-state index contributed by atoms with van der Waals surface area (Å²) in [6.45, 7) is 2.35. The normalized spacial score (nSPS) is 20.0. The van der Waals surface area contributed by atoms with Gasteiger partial charge in [0.25, 0.3) is 0 Å². The molecule has 17 heavy (non-hydrogen) atoms. The summed E-state index contributed by atoms with van der Waals surface area (Å²) in [6, 6.07) is 5.65. The maximum atomic E-state index is 5.67. The summed E-state index contributed by atoms with van der Waals surface area (Å²) in [5, 5.41) is 0. The first-order chi connectivity index (χ1) is 8.29. The zero-order valence-electron chi connectivity index (χ0n) is 9.65. The van der Waals surface area contributed by atoms with Gasteiger partial charge in [0.15, 0.2) is 11.5 Å². The molecule has 1 fully saturated rings. The second-order valence-electron chi connectivity index (χ2n) is 3.67. The summed E-state index contributed by atoms with van der Waals surface area (Å²) >= 11 is 3.38. The van der Waals surface area contributed by atoms with Crippen LogP contribution >= 0.6 is 15.9 Å². The van der Waals surface area contributed by atoms with Crippen LogP contribution in [-0.2, 0) is 9.47 Å². The number of methoxy groups -OCH3 is 1. The third-order valence-electron chi connectivity index (χ3n) is 2.44. The van der Waals surface area contributed by atoms with Gasteiger partial charge in [-0.1, -0.05) is 15.9 Å². The Kier molecular flexibility index (Phi) is 4.65. The van der Waals surface area contributed by atoms with Crippen molar-refractivity contribution in [2.24, 2.45) is 0 Å². The van der Waals surface area contributed by atoms with Crippen molar-refractivity contribution in [2.75, 3.05) is 33.5 Å². The van der Waals surface area contributed by atoms with Gasteiger partial charge < -0.3 is 18.9 Å². The average Bonchev–Trinajstić information content (AvgIpc) is 2.38. The zero-order valence-corrected chi connectivity index (χ0v) is 11.2. The molecule has 1 heterocycles. The Balaban J connectivity index is 1.93. The molecule has 1 aliphatic heterocycles. The number of hydrogen-bond acceptors (Lipinski definition) is 4. The molecule has 0 saturated carbocycles. The summed E-state index contributed by atoms with van der Waals surface area (Å²) in [7, 11) is 1.62. The molecular formula is C12H15BrO4. The van der Waals surface area contributed by atoms with Crippen LogP contribution in [0.5, 0.6) is 11.5 Å². The van der Waals surface area contributed by atoms with Crippen LogP contribution in [0.4, 0.5) is 0 Å². The Morgan fingerprint density at radius 2 is 2.24 bits per heavy atom. The number of ether oxygens (including phenoxy) is 4. The van der Waals surface area contributed by atoms with Gasteiger partial charge in [-0.25, -0.2) is 0 Å². The highest BCUT2D eigenvalue weighted by Gasteiger charge is 2.16. The molecule has 0 spiro atoms. The van der Waals surface area contributed by atoms with Gasteiger partial charge in [-0.05, 0) is 18.2 Å². The van der Waals surface area contributed by atoms with E-state index in [0.717, 1.165) is 4.47 Å². The summed E-state index contributed by atoms with van der Waals surface area (Å²) < 4.78 is 22.7. The first-order valence-corrected chi connectivity index (χ1v) is 6.24. The molecule has 94 valence electrons. The van der Waals surface area contributed by atoms with Crippen molar-refractivity contribution in [3.05, 3.63) is 22.7 Å². The van der Waals surface area contributed by atoms with Gasteiger partial charge >= 0.3 is 0 Å². The Morgan fingerprint density at radius 3 is 2.94 bits per heavy atom. The predicted molar refractivity (Wildman–Crippen MR) is 66.7 cm³/mol. The highest BCUT2D eigenvalue weighted by molar-refractivity contribution is 9.10. The van der Waals surface area contributed by atoms with Gasteiger partial charge in [-0.2, -0.15) is 0 Å². The minimum absolute atomic E-state index is 0.00268. The number of rotatable bonds is 4. The van der Waals surface area contributed by atoms with Crippen molar-refractivity contribution < 1.29 is 18.9 Å². The fourth-order valence-corrected chi connectivity index (χ4v) is 1.92. The predicted octanol–water partition coefficient (Wildman–Crippen LogP) is 2.25. The van der Waals surface area contributed by atoms with Gasteiger partial charge in [0.2, 0.25) is 0 Å². The van der Waals surface area contributed by atoms with Crippen LogP contribution < -0.4 is 9.47 Å². The van der Waals surface area contributed by atoms with Gasteiger partial charge in [0.05, 0.1) is 26.9 Å². The molecule has 1 aliphatic rings. The monoisotopic (exact) mass is 302 g/mol. The summed E-state index contributed by atoms with van der Waals surface area (Å²) in [6.07, 6.45) is -0.00268. The molecule has 0 amide bonds. The third-order valence-corrected chi connectivity index (χ3v) is 2.93. The number of halogens is 1. The molecule has 1 aromatic carbocycles. The first kappa shape index (κ1) is 12.7. The second-order valence-corrected chi connectivity index (χ2v) is 4.59. The minimum Gasteiger partial charge on any atom is -0.493 e. The molecule has 1 unspecified atom stereocenters. The Morgan fingerprint density at radius 1 is 1.35 bits per heavy atom. The van der Waals surface area contributed by atoms with Gasteiger partial charge in [0.1, 0.15) is 12.7 Å². The quantitative estimate of drug-likeness (QED) is 0.855. The van der Waals surface area contributed by atoms with Crippen LogP contribution in [0.3, 0.4) is 0 Å². The molecule has 1 saturated heterocycles. The maximum Gasteiger partial charge on any atom is 0.161 e. The molecule has 0 radical (unpaired) electrons. The van der Waals surface area contributed by atoms with Crippen LogP contribution in [-0.4, -0.2) is 39.6 Å². The van der Waals surface area contributed by atoms with E-state index in [1.807, 2.05) is 18.2 Å². The van der Waals surface area contributed by atoms with E-state index in [9.17, 15) is 0 Å². The Bertz CT molecular complexity index is 364. The molecule has 1 aromatic rings. The van der Waals surface area contributed by atoms with E-state index >= 15 is 0 Å². The molecule has 0 N–H and O–H groups in total. The van der Waals surface area contributed by atoms with Gasteiger partial charge in [0, 0.05) is 4.47 Å². The lowest BCUT2D eigenvalue weighted by Gasteiger charge is -2.23. The van der Waals surface area contributed by atoms with E-state index in [-0.39, 0.29) is 6.10 Å². The van der Waals surface area contributed by atoms with Crippen molar-refractivity contribution in [1.82, 2.24) is 0 Å². The van der Waals surface area contributed by atoms with E-state index < -0.39 is 0 Å². The third kappa shape index (κ3) is 3.59. The lowest BCUT2D eigenvalue weighted by atomic mass is 10.3. The molecule has 1 atom stereocenters. The van der Waals surface area contributed by atoms with Gasteiger partial charge in [-0.3, -0.25) is 0 Å². The highest BCUT2D eigenvalue weighted by Crippen LogP contribution is 2.30. The van der Waals surface area contributed by atoms with Crippen LogP contribution in [0.1, 0.15) is 0 Å². The van der Waals surface area contributed by atoms with Crippen molar-refractivity contribution >= 4 is 15.9 Å². The Hall–Kier alpha value is -0.780. The fraction of sp³-hybridized carbons (Fsp3) is 0.500. The maximum absolute atomic E-state index is 5.67. The summed E-state index contributed by atoms with van der Waals surface area (Å²) in [5.74, 6) is 1.42. The summed E-state index contributed by atoms with van der Waals surface area (Å²) in [5.41, 5.74) is 0. The van der Waals surface area contributed by atoms with Crippen LogP contribution in [0.15, 0.2) is 22.7 Å². The Labute approximate surface area is 109 Å². The molecular weight excluding hydrogens is 288 g/mol. The van der Waals surface area contributed by atoms with Crippen molar-refractivity contribution in [1.29, 1.82) is 0 Å². The van der Waals surface area contributed by atoms with Gasteiger partial charge in [-0.15, -0.1) is 0 Å².